The topological polar surface area (TPSA) is 60.4 Å². The van der Waals surface area contributed by atoms with E-state index >= 15 is 0 Å². The van der Waals surface area contributed by atoms with E-state index in [9.17, 15) is 14.4 Å². The van der Waals surface area contributed by atoms with Gasteiger partial charge in [0.2, 0.25) is 0 Å². The number of hydrogen-bond acceptors (Lipinski definition) is 4. The summed E-state index contributed by atoms with van der Waals surface area (Å²) in [5.41, 5.74) is 0.0892. The van der Waals surface area contributed by atoms with Crippen molar-refractivity contribution < 1.29 is 19.1 Å². The van der Waals surface area contributed by atoms with Crippen molar-refractivity contribution in [3.8, 4) is 0 Å². The molecule has 0 spiro atoms. The zero-order valence-electron chi connectivity index (χ0n) is 16.9. The molecular formula is C23H32O4. The SMILES string of the molecule is CC(=O)O[C@H]1CC[C@@]23C[C@]2(C1)C(=O)C[C@H]1[C@@H]2CC[C@H](C(C)=O)[C@@]2(C)CC[C@@H]13. The highest BCUT2D eigenvalue weighted by atomic mass is 16.5. The number of carbonyl (C=O) groups is 3. The number of ether oxygens (including phenoxy) is 1. The second-order valence-corrected chi connectivity index (χ2v) is 10.7. The highest BCUT2D eigenvalue weighted by molar-refractivity contribution is 5.91. The van der Waals surface area contributed by atoms with Crippen molar-refractivity contribution in [1.82, 2.24) is 0 Å². The molecule has 0 aromatic carbocycles. The van der Waals surface area contributed by atoms with Gasteiger partial charge in [-0.15, -0.1) is 0 Å². The molecule has 5 rings (SSSR count). The van der Waals surface area contributed by atoms with Gasteiger partial charge in [0.05, 0.1) is 0 Å². The first-order chi connectivity index (χ1) is 12.7. The second kappa shape index (κ2) is 5.45. The maximum Gasteiger partial charge on any atom is 0.302 e. The van der Waals surface area contributed by atoms with Crippen molar-refractivity contribution in [1.29, 1.82) is 0 Å². The Balaban J connectivity index is 1.43. The summed E-state index contributed by atoms with van der Waals surface area (Å²) in [4.78, 5) is 37.0. The summed E-state index contributed by atoms with van der Waals surface area (Å²) in [5.74, 6) is 2.41. The van der Waals surface area contributed by atoms with E-state index in [0.29, 0.717) is 35.7 Å². The first-order valence-electron chi connectivity index (χ1n) is 10.9. The second-order valence-electron chi connectivity index (χ2n) is 10.7. The van der Waals surface area contributed by atoms with E-state index in [1.54, 1.807) is 6.92 Å². The Morgan fingerprint density at radius 3 is 2.52 bits per heavy atom. The molecule has 5 aliphatic rings. The van der Waals surface area contributed by atoms with Crippen LogP contribution in [-0.4, -0.2) is 23.6 Å². The summed E-state index contributed by atoms with van der Waals surface area (Å²) in [7, 11) is 0. The molecule has 0 N–H and O–H groups in total. The van der Waals surface area contributed by atoms with Gasteiger partial charge in [0.15, 0.2) is 0 Å². The van der Waals surface area contributed by atoms with Crippen LogP contribution < -0.4 is 0 Å². The van der Waals surface area contributed by atoms with Crippen LogP contribution in [0.4, 0.5) is 0 Å². The maximum absolute atomic E-state index is 13.4. The number of fused-ring (bicyclic) bond motifs is 3. The first-order valence-corrected chi connectivity index (χ1v) is 10.9. The summed E-state index contributed by atoms with van der Waals surface area (Å²) in [5, 5.41) is 0. The van der Waals surface area contributed by atoms with Gasteiger partial charge in [-0.3, -0.25) is 14.4 Å². The Hall–Kier alpha value is -1.19. The van der Waals surface area contributed by atoms with E-state index < -0.39 is 0 Å². The zero-order chi connectivity index (χ0) is 19.2. The van der Waals surface area contributed by atoms with Gasteiger partial charge in [-0.25, -0.2) is 0 Å². The Bertz CT molecular complexity index is 728. The third-order valence-electron chi connectivity index (χ3n) is 9.86. The maximum atomic E-state index is 13.4. The third-order valence-corrected chi connectivity index (χ3v) is 9.86. The molecule has 8 atom stereocenters. The predicted molar refractivity (Wildman–Crippen MR) is 99.7 cm³/mol. The van der Waals surface area contributed by atoms with E-state index in [1.165, 1.54) is 13.3 Å². The molecule has 0 heterocycles. The predicted octanol–water partition coefficient (Wildman–Crippen LogP) is 4.10. The number of carbonyl (C=O) groups excluding carboxylic acids is 3. The standard InChI is InChI=1S/C23H32O4/c1-13(24)17-4-5-18-16-10-20(26)23-11-15(27-14(2)25)6-9-22(23,12-23)19(16)7-8-21(17,18)3/h15-19H,4-12H2,1-3H3/t15-,16-,17+,18-,19-,21+,22-,23+/m0/s1. The van der Waals surface area contributed by atoms with Gasteiger partial charge in [0.1, 0.15) is 17.7 Å². The van der Waals surface area contributed by atoms with Crippen molar-refractivity contribution in [3.63, 3.8) is 0 Å². The average Bonchev–Trinajstić information content (AvgIpc) is 3.15. The van der Waals surface area contributed by atoms with Crippen LogP contribution in [0.1, 0.15) is 78.6 Å². The van der Waals surface area contributed by atoms with Crippen LogP contribution in [0, 0.1) is 39.9 Å². The van der Waals surface area contributed by atoms with E-state index in [0.717, 1.165) is 44.9 Å². The molecule has 0 aromatic rings. The van der Waals surface area contributed by atoms with Crippen LogP contribution >= 0.6 is 0 Å². The van der Waals surface area contributed by atoms with Gasteiger partial charge >= 0.3 is 5.97 Å². The minimum absolute atomic E-state index is 0.0685. The van der Waals surface area contributed by atoms with Crippen molar-refractivity contribution in [3.05, 3.63) is 0 Å². The first kappa shape index (κ1) is 17.9. The summed E-state index contributed by atoms with van der Waals surface area (Å²) < 4.78 is 5.51. The largest absolute Gasteiger partial charge is 0.463 e. The number of Topliss-reactive ketones (excluding diaryl/α,β-unsaturated/α-hetero) is 2. The van der Waals surface area contributed by atoms with Crippen LogP contribution in [0.5, 0.6) is 0 Å². The summed E-state index contributed by atoms with van der Waals surface area (Å²) in [6, 6.07) is 0. The van der Waals surface area contributed by atoms with Crippen LogP contribution in [0.2, 0.25) is 0 Å². The fourth-order valence-corrected chi connectivity index (χ4v) is 8.84. The summed E-state index contributed by atoms with van der Waals surface area (Å²) in [6.07, 6.45) is 8.81. The molecule has 148 valence electrons. The molecule has 5 fully saturated rings. The molecule has 0 amide bonds. The van der Waals surface area contributed by atoms with E-state index in [1.807, 2.05) is 0 Å². The van der Waals surface area contributed by atoms with Crippen molar-refractivity contribution in [2.75, 3.05) is 0 Å². The quantitative estimate of drug-likeness (QED) is 0.685. The molecule has 27 heavy (non-hydrogen) atoms. The van der Waals surface area contributed by atoms with Gasteiger partial charge in [0.25, 0.3) is 0 Å². The minimum atomic E-state index is -0.222. The van der Waals surface area contributed by atoms with Gasteiger partial charge in [-0.05, 0) is 86.9 Å². The van der Waals surface area contributed by atoms with Crippen molar-refractivity contribution >= 4 is 17.5 Å². The lowest BCUT2D eigenvalue weighted by Gasteiger charge is -2.55. The average molecular weight is 373 g/mol. The monoisotopic (exact) mass is 372 g/mol. The lowest BCUT2D eigenvalue weighted by Crippen LogP contribution is -2.52. The molecule has 5 saturated carbocycles. The van der Waals surface area contributed by atoms with Crippen molar-refractivity contribution in [2.24, 2.45) is 39.9 Å². The van der Waals surface area contributed by atoms with Crippen molar-refractivity contribution in [2.45, 2.75) is 84.7 Å². The van der Waals surface area contributed by atoms with Crippen LogP contribution in [0.3, 0.4) is 0 Å². The van der Waals surface area contributed by atoms with Crippen LogP contribution in [0.25, 0.3) is 0 Å². The van der Waals surface area contributed by atoms with E-state index in [2.05, 4.69) is 6.92 Å². The Labute approximate surface area is 161 Å². The lowest BCUT2D eigenvalue weighted by molar-refractivity contribution is -0.158. The number of rotatable bonds is 2. The van der Waals surface area contributed by atoms with Gasteiger partial charge in [0, 0.05) is 24.7 Å². The summed E-state index contributed by atoms with van der Waals surface area (Å²) in [6.45, 7) is 5.57. The van der Waals surface area contributed by atoms with Gasteiger partial charge in [-0.2, -0.15) is 0 Å². The zero-order valence-corrected chi connectivity index (χ0v) is 16.9. The molecular weight excluding hydrogens is 340 g/mol. The van der Waals surface area contributed by atoms with E-state index in [4.69, 9.17) is 4.74 Å². The Morgan fingerprint density at radius 2 is 1.81 bits per heavy atom. The molecule has 0 bridgehead atoms. The molecule has 0 unspecified atom stereocenters. The fourth-order valence-electron chi connectivity index (χ4n) is 8.84. The molecule has 0 aromatic heterocycles. The van der Waals surface area contributed by atoms with E-state index in [-0.39, 0.29) is 34.2 Å². The molecule has 0 saturated heterocycles. The number of ketones is 2. The Kier molecular flexibility index (Phi) is 3.61. The number of esters is 1. The summed E-state index contributed by atoms with van der Waals surface area (Å²) >= 11 is 0. The molecule has 0 aliphatic heterocycles. The molecule has 5 aliphatic carbocycles. The van der Waals surface area contributed by atoms with Gasteiger partial charge < -0.3 is 4.74 Å². The highest BCUT2D eigenvalue weighted by Gasteiger charge is 2.79. The number of hydrogen-bond donors (Lipinski definition) is 0. The minimum Gasteiger partial charge on any atom is -0.463 e. The Morgan fingerprint density at radius 1 is 1.04 bits per heavy atom. The highest BCUT2D eigenvalue weighted by Crippen LogP contribution is 2.82. The smallest absolute Gasteiger partial charge is 0.302 e. The third kappa shape index (κ3) is 2.13. The lowest BCUT2D eigenvalue weighted by atomic mass is 9.49. The normalized spacial score (nSPS) is 52.9. The van der Waals surface area contributed by atoms with Crippen LogP contribution in [0.15, 0.2) is 0 Å². The molecule has 0 radical (unpaired) electrons. The van der Waals surface area contributed by atoms with Gasteiger partial charge in [-0.1, -0.05) is 6.92 Å². The molecule has 4 nitrogen and oxygen atoms in total. The fraction of sp³-hybridized carbons (Fsp3) is 0.870. The van der Waals surface area contributed by atoms with Crippen LogP contribution in [-0.2, 0) is 19.1 Å². The molecule has 4 heteroatoms.